The van der Waals surface area contributed by atoms with Crippen LogP contribution in [-0.4, -0.2) is 25.0 Å². The minimum absolute atomic E-state index is 0.0713. The number of guanidine groups is 1. The van der Waals surface area contributed by atoms with E-state index in [-0.39, 0.29) is 24.5 Å². The highest BCUT2D eigenvalue weighted by molar-refractivity contribution is 5.81. The normalized spacial score (nSPS) is 12.5. The highest BCUT2D eigenvalue weighted by Crippen LogP contribution is 2.11. The summed E-state index contributed by atoms with van der Waals surface area (Å²) >= 11 is 0. The Labute approximate surface area is 161 Å². The standard InChI is InChI=1S/C20H23F3N4O/c1-2-25-20(26-11-14-10-17(22)7-8-18(14)23)27-12-15(19(24)28)9-13-3-5-16(21)6-4-13/h3-8,10,15H,2,9,11-12H2,1H3,(H2,24,28)(H2,25,26,27). The van der Waals surface area contributed by atoms with E-state index in [4.69, 9.17) is 5.73 Å². The summed E-state index contributed by atoms with van der Waals surface area (Å²) in [6.45, 7) is 2.50. The maximum absolute atomic E-state index is 13.7. The minimum atomic E-state index is -0.555. The van der Waals surface area contributed by atoms with Crippen molar-refractivity contribution in [2.45, 2.75) is 19.9 Å². The highest BCUT2D eigenvalue weighted by atomic mass is 19.1. The maximum Gasteiger partial charge on any atom is 0.222 e. The largest absolute Gasteiger partial charge is 0.369 e. The maximum atomic E-state index is 13.7. The lowest BCUT2D eigenvalue weighted by Gasteiger charge is -2.17. The molecular weight excluding hydrogens is 369 g/mol. The van der Waals surface area contributed by atoms with Crippen LogP contribution < -0.4 is 16.4 Å². The van der Waals surface area contributed by atoms with Crippen molar-refractivity contribution in [2.75, 3.05) is 13.1 Å². The molecule has 0 aliphatic rings. The lowest BCUT2D eigenvalue weighted by Crippen LogP contribution is -2.43. The smallest absolute Gasteiger partial charge is 0.222 e. The number of hydrogen-bond donors (Lipinski definition) is 3. The molecule has 0 aliphatic heterocycles. The van der Waals surface area contributed by atoms with Crippen molar-refractivity contribution in [2.24, 2.45) is 16.6 Å². The fraction of sp³-hybridized carbons (Fsp3) is 0.300. The van der Waals surface area contributed by atoms with Gasteiger partial charge in [-0.3, -0.25) is 4.79 Å². The van der Waals surface area contributed by atoms with E-state index in [1.54, 1.807) is 12.1 Å². The first-order valence-corrected chi connectivity index (χ1v) is 8.89. The molecule has 0 spiro atoms. The zero-order chi connectivity index (χ0) is 20.5. The number of nitrogens with two attached hydrogens (primary N) is 1. The number of carbonyl (C=O) groups excluding carboxylic acids is 1. The Morgan fingerprint density at radius 1 is 1.07 bits per heavy atom. The Balaban J connectivity index is 2.03. The van der Waals surface area contributed by atoms with Gasteiger partial charge in [-0.25, -0.2) is 18.2 Å². The summed E-state index contributed by atoms with van der Waals surface area (Å²) in [5, 5.41) is 5.96. The Kier molecular flexibility index (Phi) is 7.86. The second-order valence-electron chi connectivity index (χ2n) is 6.24. The number of amides is 1. The predicted molar refractivity (Wildman–Crippen MR) is 102 cm³/mol. The van der Waals surface area contributed by atoms with Gasteiger partial charge in [0.05, 0.1) is 12.5 Å². The van der Waals surface area contributed by atoms with E-state index in [1.807, 2.05) is 6.92 Å². The second-order valence-corrected chi connectivity index (χ2v) is 6.24. The molecule has 0 fully saturated rings. The van der Waals surface area contributed by atoms with Crippen LogP contribution in [0.2, 0.25) is 0 Å². The molecule has 0 aromatic heterocycles. The predicted octanol–water partition coefficient (Wildman–Crippen LogP) is 2.50. The average molecular weight is 392 g/mol. The third-order valence-electron chi connectivity index (χ3n) is 4.07. The molecule has 0 aliphatic carbocycles. The van der Waals surface area contributed by atoms with Gasteiger partial charge in [0.1, 0.15) is 17.5 Å². The minimum Gasteiger partial charge on any atom is -0.369 e. The molecule has 1 atom stereocenters. The molecule has 4 N–H and O–H groups in total. The molecule has 2 aromatic rings. The summed E-state index contributed by atoms with van der Waals surface area (Å²) in [7, 11) is 0. The second kappa shape index (κ2) is 10.3. The van der Waals surface area contributed by atoms with E-state index in [0.717, 1.165) is 23.8 Å². The molecule has 0 saturated heterocycles. The molecule has 8 heteroatoms. The SMILES string of the molecule is CCNC(=NCc1cc(F)ccc1F)NCC(Cc1ccc(F)cc1)C(N)=O. The summed E-state index contributed by atoms with van der Waals surface area (Å²) in [6, 6.07) is 9.00. The van der Waals surface area contributed by atoms with Crippen molar-refractivity contribution in [3.63, 3.8) is 0 Å². The molecular formula is C20H23F3N4O. The lowest BCUT2D eigenvalue weighted by molar-refractivity contribution is -0.121. The third kappa shape index (κ3) is 6.61. The number of benzene rings is 2. The number of halogens is 3. The van der Waals surface area contributed by atoms with E-state index in [2.05, 4.69) is 15.6 Å². The molecule has 0 saturated carbocycles. The van der Waals surface area contributed by atoms with Crippen molar-refractivity contribution >= 4 is 11.9 Å². The van der Waals surface area contributed by atoms with Crippen LogP contribution in [0.4, 0.5) is 13.2 Å². The summed E-state index contributed by atoms with van der Waals surface area (Å²) in [6.07, 6.45) is 0.334. The van der Waals surface area contributed by atoms with Gasteiger partial charge in [-0.15, -0.1) is 0 Å². The Hall–Kier alpha value is -3.03. The third-order valence-corrected chi connectivity index (χ3v) is 4.07. The molecule has 0 radical (unpaired) electrons. The van der Waals surface area contributed by atoms with Crippen LogP contribution in [0.25, 0.3) is 0 Å². The lowest BCUT2D eigenvalue weighted by atomic mass is 9.98. The van der Waals surface area contributed by atoms with E-state index < -0.39 is 23.5 Å². The highest BCUT2D eigenvalue weighted by Gasteiger charge is 2.17. The summed E-state index contributed by atoms with van der Waals surface area (Å²) in [5.74, 6) is -2.17. The fourth-order valence-electron chi connectivity index (χ4n) is 2.57. The molecule has 1 amide bonds. The molecule has 1 unspecified atom stereocenters. The van der Waals surface area contributed by atoms with Gasteiger partial charge >= 0.3 is 0 Å². The van der Waals surface area contributed by atoms with Gasteiger partial charge in [0.15, 0.2) is 5.96 Å². The van der Waals surface area contributed by atoms with Gasteiger partial charge in [-0.1, -0.05) is 12.1 Å². The first-order chi connectivity index (χ1) is 13.4. The van der Waals surface area contributed by atoms with Crippen molar-refractivity contribution in [3.05, 3.63) is 71.0 Å². The van der Waals surface area contributed by atoms with Crippen LogP contribution in [0.3, 0.4) is 0 Å². The summed E-state index contributed by atoms with van der Waals surface area (Å²) in [5.41, 5.74) is 6.37. The molecule has 2 rings (SSSR count). The monoisotopic (exact) mass is 392 g/mol. The molecule has 5 nitrogen and oxygen atoms in total. The molecule has 28 heavy (non-hydrogen) atoms. The van der Waals surface area contributed by atoms with Gasteiger partial charge in [0, 0.05) is 18.7 Å². The Morgan fingerprint density at radius 3 is 2.39 bits per heavy atom. The van der Waals surface area contributed by atoms with Gasteiger partial charge < -0.3 is 16.4 Å². The fourth-order valence-corrected chi connectivity index (χ4v) is 2.57. The van der Waals surface area contributed by atoms with Gasteiger partial charge in [0.25, 0.3) is 0 Å². The van der Waals surface area contributed by atoms with E-state index in [9.17, 15) is 18.0 Å². The van der Waals surface area contributed by atoms with Crippen LogP contribution in [0.15, 0.2) is 47.5 Å². The Bertz CT molecular complexity index is 825. The number of aliphatic imine (C=N–C) groups is 1. The number of rotatable bonds is 8. The number of primary amides is 1. The molecule has 2 aromatic carbocycles. The van der Waals surface area contributed by atoms with Crippen LogP contribution in [0.5, 0.6) is 0 Å². The van der Waals surface area contributed by atoms with Crippen LogP contribution >= 0.6 is 0 Å². The van der Waals surface area contributed by atoms with E-state index in [0.29, 0.717) is 18.9 Å². The van der Waals surface area contributed by atoms with Crippen molar-refractivity contribution in [1.82, 2.24) is 10.6 Å². The number of hydrogen-bond acceptors (Lipinski definition) is 2. The van der Waals surface area contributed by atoms with Crippen molar-refractivity contribution in [3.8, 4) is 0 Å². The van der Waals surface area contributed by atoms with Gasteiger partial charge in [-0.05, 0) is 49.2 Å². The summed E-state index contributed by atoms with van der Waals surface area (Å²) in [4.78, 5) is 16.0. The average Bonchev–Trinajstić information content (AvgIpc) is 2.66. The van der Waals surface area contributed by atoms with Gasteiger partial charge in [-0.2, -0.15) is 0 Å². The zero-order valence-corrected chi connectivity index (χ0v) is 15.5. The number of carbonyl (C=O) groups is 1. The van der Waals surface area contributed by atoms with Crippen molar-refractivity contribution in [1.29, 1.82) is 0 Å². The van der Waals surface area contributed by atoms with Crippen LogP contribution in [-0.2, 0) is 17.8 Å². The topological polar surface area (TPSA) is 79.5 Å². The van der Waals surface area contributed by atoms with Crippen LogP contribution in [0, 0.1) is 23.4 Å². The Morgan fingerprint density at radius 2 is 1.75 bits per heavy atom. The molecule has 0 bridgehead atoms. The van der Waals surface area contributed by atoms with Crippen molar-refractivity contribution < 1.29 is 18.0 Å². The number of nitrogens with zero attached hydrogens (tertiary/aromatic N) is 1. The van der Waals surface area contributed by atoms with E-state index in [1.165, 1.54) is 12.1 Å². The zero-order valence-electron chi connectivity index (χ0n) is 15.5. The van der Waals surface area contributed by atoms with Gasteiger partial charge in [0.2, 0.25) is 5.91 Å². The first kappa shape index (κ1) is 21.3. The summed E-state index contributed by atoms with van der Waals surface area (Å²) < 4.78 is 40.0. The van der Waals surface area contributed by atoms with E-state index >= 15 is 0 Å². The van der Waals surface area contributed by atoms with Crippen LogP contribution in [0.1, 0.15) is 18.1 Å². The quantitative estimate of drug-likeness (QED) is 0.477. The molecule has 0 heterocycles. The molecule has 150 valence electrons. The first-order valence-electron chi connectivity index (χ1n) is 8.89. The number of nitrogens with one attached hydrogen (secondary N) is 2.